The molecule has 1 aliphatic heterocycles. The average Bonchev–Trinajstić information content (AvgIpc) is 2.82. The van der Waals surface area contributed by atoms with Gasteiger partial charge in [-0.1, -0.05) is 48.9 Å². The molecule has 1 aliphatic rings. The van der Waals surface area contributed by atoms with Crippen molar-refractivity contribution < 1.29 is 33.4 Å². The second-order valence-electron chi connectivity index (χ2n) is 7.66. The van der Waals surface area contributed by atoms with Gasteiger partial charge < -0.3 is 24.8 Å². The highest BCUT2D eigenvalue weighted by Crippen LogP contribution is 2.07. The number of amides is 2. The zero-order valence-electron chi connectivity index (χ0n) is 18.9. The lowest BCUT2D eigenvalue weighted by Crippen LogP contribution is -2.53. The smallest absolute Gasteiger partial charge is 0.330 e. The number of hydrogen-bond acceptors (Lipinski definition) is 7. The lowest BCUT2D eigenvalue weighted by atomic mass is 10.1. The zero-order valence-corrected chi connectivity index (χ0v) is 18.9. The van der Waals surface area contributed by atoms with Gasteiger partial charge in [0.1, 0.15) is 12.6 Å². The highest BCUT2D eigenvalue weighted by Gasteiger charge is 2.29. The van der Waals surface area contributed by atoms with Crippen LogP contribution in [0.4, 0.5) is 0 Å². The Kier molecular flexibility index (Phi) is 11.7. The van der Waals surface area contributed by atoms with Crippen molar-refractivity contribution in [3.63, 3.8) is 0 Å². The summed E-state index contributed by atoms with van der Waals surface area (Å²) in [6.07, 6.45) is 6.99. The third-order valence-corrected chi connectivity index (χ3v) is 5.01. The summed E-state index contributed by atoms with van der Waals surface area (Å²) in [5, 5.41) is 5.11. The number of benzene rings is 1. The van der Waals surface area contributed by atoms with Crippen molar-refractivity contribution in [1.29, 1.82) is 0 Å². The van der Waals surface area contributed by atoms with Gasteiger partial charge in [0.05, 0.1) is 26.7 Å². The zero-order chi connectivity index (χ0) is 23.9. The summed E-state index contributed by atoms with van der Waals surface area (Å²) in [4.78, 5) is 49.8. The Balaban J connectivity index is 2.07. The number of carbonyl (C=O) groups excluding carboxylic acids is 4. The van der Waals surface area contributed by atoms with Crippen LogP contribution in [0, 0.1) is 0 Å². The van der Waals surface area contributed by atoms with Gasteiger partial charge in [-0.15, -0.1) is 0 Å². The van der Waals surface area contributed by atoms with Crippen molar-refractivity contribution in [1.82, 2.24) is 10.6 Å². The van der Waals surface area contributed by atoms with Crippen LogP contribution in [0.3, 0.4) is 0 Å². The first kappa shape index (κ1) is 26.1. The fourth-order valence-electron chi connectivity index (χ4n) is 3.19. The molecule has 1 heterocycles. The van der Waals surface area contributed by atoms with E-state index in [0.717, 1.165) is 24.8 Å². The molecule has 9 heteroatoms. The molecule has 2 atom stereocenters. The average molecular weight is 461 g/mol. The van der Waals surface area contributed by atoms with E-state index in [9.17, 15) is 19.2 Å². The minimum atomic E-state index is -1.19. The van der Waals surface area contributed by atoms with Gasteiger partial charge in [0.15, 0.2) is 6.04 Å². The second-order valence-corrected chi connectivity index (χ2v) is 7.66. The van der Waals surface area contributed by atoms with E-state index in [-0.39, 0.29) is 38.6 Å². The predicted octanol–water partition coefficient (Wildman–Crippen LogP) is 1.80. The molecule has 0 aliphatic carbocycles. The summed E-state index contributed by atoms with van der Waals surface area (Å²) >= 11 is 0. The number of carbonyl (C=O) groups is 4. The molecule has 0 unspecified atom stereocenters. The van der Waals surface area contributed by atoms with Crippen LogP contribution in [0.2, 0.25) is 0 Å². The SMILES string of the molecule is COC(=O)[C@@H]1COC/C=C\CCCCCC(=O)N[C@@H](CC(=O)OCc2ccccc2)C(=O)N1. The molecule has 1 aromatic carbocycles. The molecule has 0 bridgehead atoms. The van der Waals surface area contributed by atoms with Crippen molar-refractivity contribution in [2.24, 2.45) is 0 Å². The third-order valence-electron chi connectivity index (χ3n) is 5.01. The van der Waals surface area contributed by atoms with E-state index < -0.39 is 29.9 Å². The maximum absolute atomic E-state index is 12.9. The van der Waals surface area contributed by atoms with Crippen molar-refractivity contribution in [2.75, 3.05) is 20.3 Å². The predicted molar refractivity (Wildman–Crippen MR) is 120 cm³/mol. The van der Waals surface area contributed by atoms with Crippen LogP contribution in [0.1, 0.15) is 44.1 Å². The summed E-state index contributed by atoms with van der Waals surface area (Å²) in [6.45, 7) is 0.227. The van der Waals surface area contributed by atoms with Crippen LogP contribution >= 0.6 is 0 Å². The molecule has 1 aromatic rings. The Labute approximate surface area is 193 Å². The number of allylic oxidation sites excluding steroid dienone is 1. The summed E-state index contributed by atoms with van der Waals surface area (Å²) in [5.74, 6) is -2.38. The lowest BCUT2D eigenvalue weighted by molar-refractivity contribution is -0.149. The molecular formula is C24H32N2O7. The van der Waals surface area contributed by atoms with Gasteiger partial charge in [-0.2, -0.15) is 0 Å². The number of ether oxygens (including phenoxy) is 3. The van der Waals surface area contributed by atoms with E-state index in [1.54, 1.807) is 0 Å². The van der Waals surface area contributed by atoms with Gasteiger partial charge in [0, 0.05) is 6.42 Å². The second kappa shape index (κ2) is 14.8. The molecule has 0 saturated heterocycles. The minimum Gasteiger partial charge on any atom is -0.467 e. The van der Waals surface area contributed by atoms with Crippen molar-refractivity contribution >= 4 is 23.8 Å². The maximum atomic E-state index is 12.9. The standard InChI is InChI=1S/C24H32N2O7/c1-31-24(30)20-17-32-14-10-5-3-2-4-9-13-21(27)25-19(23(29)26-20)15-22(28)33-16-18-11-7-6-8-12-18/h5-8,10-12,19-20H,2-4,9,13-17H2,1H3,(H,25,27)(H,26,29)/b10-5-/t19-,20-/m0/s1. The molecule has 2 rings (SSSR count). The number of rotatable bonds is 5. The first-order valence-electron chi connectivity index (χ1n) is 11.1. The highest BCUT2D eigenvalue weighted by molar-refractivity contribution is 5.93. The van der Waals surface area contributed by atoms with Crippen LogP contribution in [0.5, 0.6) is 0 Å². The van der Waals surface area contributed by atoms with E-state index in [0.29, 0.717) is 6.42 Å². The van der Waals surface area contributed by atoms with E-state index in [4.69, 9.17) is 14.2 Å². The fraction of sp³-hybridized carbons (Fsp3) is 0.500. The number of methoxy groups -OCH3 is 1. The molecule has 0 fully saturated rings. The summed E-state index contributed by atoms with van der Waals surface area (Å²) < 4.78 is 15.5. The van der Waals surface area contributed by atoms with Crippen LogP contribution in [0.15, 0.2) is 42.5 Å². The van der Waals surface area contributed by atoms with Gasteiger partial charge in [-0.3, -0.25) is 14.4 Å². The van der Waals surface area contributed by atoms with E-state index >= 15 is 0 Å². The Morgan fingerprint density at radius 2 is 1.85 bits per heavy atom. The fourth-order valence-corrected chi connectivity index (χ4v) is 3.19. The number of nitrogens with one attached hydrogen (secondary N) is 2. The van der Waals surface area contributed by atoms with Crippen molar-refractivity contribution in [2.45, 2.75) is 57.2 Å². The van der Waals surface area contributed by atoms with Gasteiger partial charge in [0.25, 0.3) is 0 Å². The molecule has 0 saturated carbocycles. The maximum Gasteiger partial charge on any atom is 0.330 e. The highest BCUT2D eigenvalue weighted by atomic mass is 16.5. The van der Waals surface area contributed by atoms with Gasteiger partial charge in [-0.05, 0) is 24.8 Å². The van der Waals surface area contributed by atoms with Crippen LogP contribution < -0.4 is 10.6 Å². The molecule has 2 N–H and O–H groups in total. The summed E-state index contributed by atoms with van der Waals surface area (Å²) in [5.41, 5.74) is 0.800. The van der Waals surface area contributed by atoms with Gasteiger partial charge in [0.2, 0.25) is 11.8 Å². The Bertz CT molecular complexity index is 810. The number of esters is 2. The minimum absolute atomic E-state index is 0.0497. The Morgan fingerprint density at radius 1 is 1.06 bits per heavy atom. The third kappa shape index (κ3) is 10.3. The quantitative estimate of drug-likeness (QED) is 0.508. The molecule has 180 valence electrons. The monoisotopic (exact) mass is 460 g/mol. The largest absolute Gasteiger partial charge is 0.467 e. The van der Waals surface area contributed by atoms with E-state index in [1.807, 2.05) is 42.5 Å². The first-order chi connectivity index (χ1) is 16.0. The molecule has 0 spiro atoms. The molecule has 2 amide bonds. The molecular weight excluding hydrogens is 428 g/mol. The van der Waals surface area contributed by atoms with E-state index in [1.165, 1.54) is 7.11 Å². The Morgan fingerprint density at radius 3 is 2.61 bits per heavy atom. The first-order valence-corrected chi connectivity index (χ1v) is 11.1. The Hall–Kier alpha value is -3.20. The molecule has 0 aromatic heterocycles. The van der Waals surface area contributed by atoms with Crippen molar-refractivity contribution in [3.8, 4) is 0 Å². The van der Waals surface area contributed by atoms with Crippen LogP contribution in [-0.2, 0) is 40.0 Å². The topological polar surface area (TPSA) is 120 Å². The van der Waals surface area contributed by atoms with E-state index in [2.05, 4.69) is 10.6 Å². The number of hydrogen-bond donors (Lipinski definition) is 2. The molecule has 0 radical (unpaired) electrons. The molecule has 33 heavy (non-hydrogen) atoms. The lowest BCUT2D eigenvalue weighted by Gasteiger charge is -2.22. The van der Waals surface area contributed by atoms with Crippen molar-refractivity contribution in [3.05, 3.63) is 48.0 Å². The molecule has 9 nitrogen and oxygen atoms in total. The summed E-state index contributed by atoms with van der Waals surface area (Å²) in [7, 11) is 1.20. The van der Waals surface area contributed by atoms with Gasteiger partial charge >= 0.3 is 11.9 Å². The van der Waals surface area contributed by atoms with Crippen LogP contribution in [0.25, 0.3) is 0 Å². The summed E-state index contributed by atoms with van der Waals surface area (Å²) in [6, 6.07) is 6.84. The van der Waals surface area contributed by atoms with Crippen LogP contribution in [-0.4, -0.2) is 56.2 Å². The normalized spacial score (nSPS) is 21.8. The van der Waals surface area contributed by atoms with Gasteiger partial charge in [-0.25, -0.2) is 4.79 Å².